The van der Waals surface area contributed by atoms with Crippen molar-refractivity contribution in [3.63, 3.8) is 0 Å². The third-order valence-electron chi connectivity index (χ3n) is 4.99. The number of sulfonamides is 1. The van der Waals surface area contributed by atoms with Crippen LogP contribution in [0.2, 0.25) is 0 Å². The van der Waals surface area contributed by atoms with Crippen LogP contribution < -0.4 is 15.0 Å². The lowest BCUT2D eigenvalue weighted by molar-refractivity contribution is 0.102. The second-order valence-electron chi connectivity index (χ2n) is 7.31. The second kappa shape index (κ2) is 8.84. The van der Waals surface area contributed by atoms with Gasteiger partial charge in [0.25, 0.3) is 15.9 Å². The molecule has 3 aromatic carbocycles. The number of para-hydroxylation sites is 3. The molecule has 0 atom stereocenters. The lowest BCUT2D eigenvalue weighted by atomic mass is 10.1. The molecule has 0 saturated heterocycles. The Labute approximate surface area is 187 Å². The van der Waals surface area contributed by atoms with Crippen LogP contribution in [0.15, 0.2) is 82.1 Å². The van der Waals surface area contributed by atoms with Crippen molar-refractivity contribution in [2.45, 2.75) is 25.2 Å². The van der Waals surface area contributed by atoms with Crippen molar-refractivity contribution in [3.8, 4) is 11.5 Å². The third kappa shape index (κ3) is 4.36. The van der Waals surface area contributed by atoms with E-state index in [-0.39, 0.29) is 10.5 Å². The molecule has 0 bridgehead atoms. The molecule has 1 amide bonds. The molecule has 164 valence electrons. The van der Waals surface area contributed by atoms with Crippen LogP contribution in [0.25, 0.3) is 0 Å². The summed E-state index contributed by atoms with van der Waals surface area (Å²) in [5.41, 5.74) is 1.22. The Morgan fingerprint density at radius 3 is 2.50 bits per heavy atom. The van der Waals surface area contributed by atoms with Crippen LogP contribution >= 0.6 is 0 Å². The molecule has 4 rings (SSSR count). The molecular weight excluding hydrogens is 426 g/mol. The standard InChI is InChI=1S/C24H23N3O4S/c1-3-15-27-17(2)26-32(29,30)23-16-18(13-14-21(23)27)24(28)25-20-11-7-8-12-22(20)31-19-9-5-4-6-10-19/h4-14,16H,3,15H2,1-2H3,(H,25,28). The summed E-state index contributed by atoms with van der Waals surface area (Å²) < 4.78 is 35.1. The average molecular weight is 450 g/mol. The highest BCUT2D eigenvalue weighted by Crippen LogP contribution is 2.34. The molecule has 0 unspecified atom stereocenters. The van der Waals surface area contributed by atoms with Gasteiger partial charge >= 0.3 is 0 Å². The molecule has 0 fully saturated rings. The molecule has 0 radical (unpaired) electrons. The van der Waals surface area contributed by atoms with Crippen molar-refractivity contribution in [2.24, 2.45) is 4.40 Å². The molecule has 1 aliphatic rings. The molecule has 0 aliphatic carbocycles. The van der Waals surface area contributed by atoms with Gasteiger partial charge in [-0.25, -0.2) is 0 Å². The minimum atomic E-state index is -3.88. The summed E-state index contributed by atoms with van der Waals surface area (Å²) >= 11 is 0. The highest BCUT2D eigenvalue weighted by Gasteiger charge is 2.29. The number of carbonyl (C=O) groups is 1. The lowest BCUT2D eigenvalue weighted by Crippen LogP contribution is -2.34. The largest absolute Gasteiger partial charge is 0.455 e. The van der Waals surface area contributed by atoms with Gasteiger partial charge in [-0.2, -0.15) is 8.42 Å². The van der Waals surface area contributed by atoms with Gasteiger partial charge in [-0.3, -0.25) is 4.79 Å². The Balaban J connectivity index is 1.63. The maximum atomic E-state index is 13.0. The minimum absolute atomic E-state index is 0.0259. The summed E-state index contributed by atoms with van der Waals surface area (Å²) in [7, 11) is -3.88. The fraction of sp³-hybridized carbons (Fsp3) is 0.167. The van der Waals surface area contributed by atoms with E-state index < -0.39 is 15.9 Å². The number of amidine groups is 1. The predicted molar refractivity (Wildman–Crippen MR) is 125 cm³/mol. The van der Waals surface area contributed by atoms with Crippen molar-refractivity contribution in [2.75, 3.05) is 16.8 Å². The summed E-state index contributed by atoms with van der Waals surface area (Å²) in [6.07, 6.45) is 0.826. The van der Waals surface area contributed by atoms with E-state index in [1.54, 1.807) is 37.3 Å². The van der Waals surface area contributed by atoms with E-state index in [2.05, 4.69) is 9.71 Å². The number of hydrogen-bond acceptors (Lipinski definition) is 5. The van der Waals surface area contributed by atoms with E-state index in [4.69, 9.17) is 4.74 Å². The molecule has 32 heavy (non-hydrogen) atoms. The summed E-state index contributed by atoms with van der Waals surface area (Å²) in [5, 5.41) is 2.82. The van der Waals surface area contributed by atoms with Gasteiger partial charge in [0.2, 0.25) is 0 Å². The number of ether oxygens (including phenoxy) is 1. The number of carbonyl (C=O) groups excluding carboxylic acids is 1. The number of nitrogens with one attached hydrogen (secondary N) is 1. The number of anilines is 2. The van der Waals surface area contributed by atoms with Gasteiger partial charge < -0.3 is 15.0 Å². The Hall–Kier alpha value is -3.65. The molecule has 8 heteroatoms. The van der Waals surface area contributed by atoms with E-state index in [9.17, 15) is 13.2 Å². The van der Waals surface area contributed by atoms with Crippen molar-refractivity contribution in [1.29, 1.82) is 0 Å². The third-order valence-corrected chi connectivity index (χ3v) is 6.37. The summed E-state index contributed by atoms with van der Waals surface area (Å²) in [5.74, 6) is 1.09. The first-order chi connectivity index (χ1) is 15.4. The van der Waals surface area contributed by atoms with Crippen LogP contribution in [0.4, 0.5) is 11.4 Å². The summed E-state index contributed by atoms with van der Waals surface area (Å²) in [6, 6.07) is 20.9. The zero-order valence-electron chi connectivity index (χ0n) is 17.8. The highest BCUT2D eigenvalue weighted by molar-refractivity contribution is 7.90. The topological polar surface area (TPSA) is 88.1 Å². The SMILES string of the molecule is CCCN1C(C)=NS(=O)(=O)c2cc(C(=O)Nc3ccccc3Oc3ccccc3)ccc21. The molecule has 3 aromatic rings. The van der Waals surface area contributed by atoms with E-state index >= 15 is 0 Å². The summed E-state index contributed by atoms with van der Waals surface area (Å²) in [6.45, 7) is 4.31. The molecule has 1 heterocycles. The second-order valence-corrected chi connectivity index (χ2v) is 8.89. The zero-order chi connectivity index (χ0) is 22.7. The normalized spacial score (nSPS) is 14.3. The van der Waals surface area contributed by atoms with Crippen molar-refractivity contribution >= 4 is 33.1 Å². The fourth-order valence-corrected chi connectivity index (χ4v) is 4.77. The highest BCUT2D eigenvalue weighted by atomic mass is 32.2. The van der Waals surface area contributed by atoms with Gasteiger partial charge in [0.1, 0.15) is 16.5 Å². The first-order valence-electron chi connectivity index (χ1n) is 10.3. The smallest absolute Gasteiger partial charge is 0.286 e. The van der Waals surface area contributed by atoms with Crippen LogP contribution in [0.5, 0.6) is 11.5 Å². The van der Waals surface area contributed by atoms with Crippen molar-refractivity contribution in [3.05, 3.63) is 78.4 Å². The van der Waals surface area contributed by atoms with Crippen LogP contribution in [-0.2, 0) is 10.0 Å². The lowest BCUT2D eigenvalue weighted by Gasteiger charge is -2.29. The van der Waals surface area contributed by atoms with Gasteiger partial charge in [0, 0.05) is 12.1 Å². The average Bonchev–Trinajstić information content (AvgIpc) is 2.78. The van der Waals surface area contributed by atoms with Crippen LogP contribution in [-0.4, -0.2) is 26.7 Å². The Kier molecular flexibility index (Phi) is 5.96. The number of amides is 1. The van der Waals surface area contributed by atoms with Crippen LogP contribution in [0.3, 0.4) is 0 Å². The molecule has 0 aromatic heterocycles. The molecular formula is C24H23N3O4S. The Morgan fingerprint density at radius 2 is 1.75 bits per heavy atom. The van der Waals surface area contributed by atoms with Gasteiger partial charge in [-0.15, -0.1) is 4.40 Å². The van der Waals surface area contributed by atoms with E-state index in [1.165, 1.54) is 6.07 Å². The van der Waals surface area contributed by atoms with Crippen LogP contribution in [0.1, 0.15) is 30.6 Å². The van der Waals surface area contributed by atoms with Crippen LogP contribution in [0, 0.1) is 0 Å². The van der Waals surface area contributed by atoms with E-state index in [0.717, 1.165) is 6.42 Å². The Bertz CT molecular complexity index is 1290. The fourth-order valence-electron chi connectivity index (χ4n) is 3.51. The van der Waals surface area contributed by atoms with Crippen molar-refractivity contribution < 1.29 is 17.9 Å². The monoisotopic (exact) mass is 449 g/mol. The maximum absolute atomic E-state index is 13.0. The first kappa shape index (κ1) is 21.6. The molecule has 1 N–H and O–H groups in total. The zero-order valence-corrected chi connectivity index (χ0v) is 18.6. The van der Waals surface area contributed by atoms with Gasteiger partial charge in [-0.1, -0.05) is 37.3 Å². The number of fused-ring (bicyclic) bond motifs is 1. The molecule has 0 spiro atoms. The summed E-state index contributed by atoms with van der Waals surface area (Å²) in [4.78, 5) is 14.9. The van der Waals surface area contributed by atoms with Crippen molar-refractivity contribution in [1.82, 2.24) is 0 Å². The number of rotatable bonds is 6. The van der Waals surface area contributed by atoms with Gasteiger partial charge in [-0.05, 0) is 55.8 Å². The van der Waals surface area contributed by atoms with E-state index in [0.29, 0.717) is 35.3 Å². The number of nitrogens with zero attached hydrogens (tertiary/aromatic N) is 2. The van der Waals surface area contributed by atoms with Gasteiger partial charge in [0.05, 0.1) is 11.4 Å². The minimum Gasteiger partial charge on any atom is -0.455 e. The Morgan fingerprint density at radius 1 is 1.03 bits per heavy atom. The quantitative estimate of drug-likeness (QED) is 0.568. The molecule has 1 aliphatic heterocycles. The molecule has 7 nitrogen and oxygen atoms in total. The van der Waals surface area contributed by atoms with Gasteiger partial charge in [0.15, 0.2) is 5.75 Å². The first-order valence-corrected chi connectivity index (χ1v) is 11.7. The number of hydrogen-bond donors (Lipinski definition) is 1. The van der Waals surface area contributed by atoms with E-state index in [1.807, 2.05) is 48.2 Å². The predicted octanol–water partition coefficient (Wildman–Crippen LogP) is 5.07. The number of benzene rings is 3. The molecule has 0 saturated carbocycles. The maximum Gasteiger partial charge on any atom is 0.286 e.